The number of aromatic nitrogens is 2. The lowest BCUT2D eigenvalue weighted by molar-refractivity contribution is -0.125. The number of amides is 1. The van der Waals surface area contributed by atoms with Crippen LogP contribution in [0.2, 0.25) is 0 Å². The average Bonchev–Trinajstić information content (AvgIpc) is 3.10. The van der Waals surface area contributed by atoms with Crippen molar-refractivity contribution in [1.82, 2.24) is 14.7 Å². The van der Waals surface area contributed by atoms with Crippen LogP contribution in [0, 0.1) is 12.8 Å². The van der Waals surface area contributed by atoms with Crippen LogP contribution in [-0.2, 0) is 24.1 Å². The van der Waals surface area contributed by atoms with Crippen molar-refractivity contribution in [3.63, 3.8) is 0 Å². The van der Waals surface area contributed by atoms with Gasteiger partial charge >= 0.3 is 0 Å². The van der Waals surface area contributed by atoms with Crippen molar-refractivity contribution in [2.24, 2.45) is 5.92 Å². The zero-order chi connectivity index (χ0) is 20.4. The number of benzene rings is 1. The molecule has 29 heavy (non-hydrogen) atoms. The largest absolute Gasteiger partial charge is 0.493 e. The standard InChI is InChI=1S/C23H27N3O3/c1-15-4-9-22-25-18-7-6-17(13-19(18)26(22)14-15)23(27)24-11-10-16-5-8-20(28-2)21(12-16)29-3/h4-5,8-9,12,14,17H,6-7,10-11,13H2,1-3H3,(H,24,27). The smallest absolute Gasteiger partial charge is 0.223 e. The van der Waals surface area contributed by atoms with Crippen LogP contribution in [0.15, 0.2) is 36.5 Å². The van der Waals surface area contributed by atoms with Crippen LogP contribution in [0.25, 0.3) is 5.65 Å². The van der Waals surface area contributed by atoms with Gasteiger partial charge in [-0.25, -0.2) is 4.98 Å². The number of hydrogen-bond donors (Lipinski definition) is 1. The number of ether oxygens (including phenoxy) is 2. The van der Waals surface area contributed by atoms with Gasteiger partial charge in [0.1, 0.15) is 5.65 Å². The van der Waals surface area contributed by atoms with E-state index in [1.807, 2.05) is 24.3 Å². The highest BCUT2D eigenvalue weighted by atomic mass is 16.5. The van der Waals surface area contributed by atoms with E-state index in [0.717, 1.165) is 42.6 Å². The molecule has 0 bridgehead atoms. The summed E-state index contributed by atoms with van der Waals surface area (Å²) in [5.74, 6) is 1.53. The molecule has 6 heteroatoms. The van der Waals surface area contributed by atoms with Crippen LogP contribution in [0.3, 0.4) is 0 Å². The van der Waals surface area contributed by atoms with Crippen LogP contribution in [-0.4, -0.2) is 36.1 Å². The molecule has 1 aliphatic rings. The lowest BCUT2D eigenvalue weighted by Crippen LogP contribution is -2.35. The highest BCUT2D eigenvalue weighted by molar-refractivity contribution is 5.79. The van der Waals surface area contributed by atoms with Gasteiger partial charge < -0.3 is 19.2 Å². The molecular weight excluding hydrogens is 366 g/mol. The zero-order valence-corrected chi connectivity index (χ0v) is 17.2. The molecule has 1 aromatic carbocycles. The monoisotopic (exact) mass is 393 g/mol. The molecule has 0 spiro atoms. The van der Waals surface area contributed by atoms with Crippen LogP contribution in [0.1, 0.15) is 28.9 Å². The molecule has 1 amide bonds. The molecule has 0 saturated carbocycles. The summed E-state index contributed by atoms with van der Waals surface area (Å²) in [4.78, 5) is 17.5. The fourth-order valence-electron chi connectivity index (χ4n) is 4.05. The van der Waals surface area contributed by atoms with Crippen molar-refractivity contribution in [3.8, 4) is 11.5 Å². The van der Waals surface area contributed by atoms with Crippen molar-refractivity contribution in [3.05, 3.63) is 59.0 Å². The molecule has 4 rings (SSSR count). The van der Waals surface area contributed by atoms with E-state index in [4.69, 9.17) is 14.5 Å². The van der Waals surface area contributed by atoms with Crippen molar-refractivity contribution in [1.29, 1.82) is 0 Å². The maximum absolute atomic E-state index is 12.8. The maximum atomic E-state index is 12.8. The predicted octanol–water partition coefficient (Wildman–Crippen LogP) is 3.12. The van der Waals surface area contributed by atoms with Crippen molar-refractivity contribution in [2.75, 3.05) is 20.8 Å². The molecule has 1 unspecified atom stereocenters. The molecule has 0 aliphatic heterocycles. The molecule has 1 atom stereocenters. The first-order chi connectivity index (χ1) is 14.1. The topological polar surface area (TPSA) is 64.9 Å². The molecule has 0 saturated heterocycles. The summed E-state index contributed by atoms with van der Waals surface area (Å²) >= 11 is 0. The number of nitrogens with one attached hydrogen (secondary N) is 1. The summed E-state index contributed by atoms with van der Waals surface area (Å²) in [5, 5.41) is 3.11. The average molecular weight is 393 g/mol. The number of carbonyl (C=O) groups is 1. The number of carbonyl (C=O) groups excluding carboxylic acids is 1. The second-order valence-electron chi connectivity index (χ2n) is 7.61. The fraction of sp³-hybridized carbons (Fsp3) is 0.391. The molecule has 1 aliphatic carbocycles. The second-order valence-corrected chi connectivity index (χ2v) is 7.61. The van der Waals surface area contributed by atoms with E-state index in [2.05, 4.69) is 28.9 Å². The van der Waals surface area contributed by atoms with Gasteiger partial charge in [-0.15, -0.1) is 0 Å². The molecule has 1 N–H and O–H groups in total. The van der Waals surface area contributed by atoms with Crippen LogP contribution >= 0.6 is 0 Å². The third kappa shape index (κ3) is 3.92. The maximum Gasteiger partial charge on any atom is 0.223 e. The van der Waals surface area contributed by atoms with Gasteiger partial charge in [0.2, 0.25) is 5.91 Å². The third-order valence-corrected chi connectivity index (χ3v) is 5.65. The summed E-state index contributed by atoms with van der Waals surface area (Å²) in [5.41, 5.74) is 5.57. The SMILES string of the molecule is COc1ccc(CCNC(=O)C2CCc3nc4ccc(C)cn4c3C2)cc1OC. The van der Waals surface area contributed by atoms with E-state index in [1.54, 1.807) is 14.2 Å². The Morgan fingerprint density at radius 2 is 2.03 bits per heavy atom. The summed E-state index contributed by atoms with van der Waals surface area (Å²) in [6, 6.07) is 9.98. The normalized spacial score (nSPS) is 15.8. The number of methoxy groups -OCH3 is 2. The Labute approximate surface area is 170 Å². The van der Waals surface area contributed by atoms with Crippen molar-refractivity contribution < 1.29 is 14.3 Å². The minimum absolute atomic E-state index is 0.00619. The quantitative estimate of drug-likeness (QED) is 0.699. The van der Waals surface area contributed by atoms with Gasteiger partial charge in [0, 0.05) is 30.8 Å². The number of fused-ring (bicyclic) bond motifs is 3. The Hall–Kier alpha value is -3.02. The van der Waals surface area contributed by atoms with E-state index in [-0.39, 0.29) is 11.8 Å². The number of nitrogens with zero attached hydrogens (tertiary/aromatic N) is 2. The van der Waals surface area contributed by atoms with E-state index >= 15 is 0 Å². The molecule has 0 fully saturated rings. The first kappa shape index (κ1) is 19.3. The van der Waals surface area contributed by atoms with Crippen LogP contribution < -0.4 is 14.8 Å². The molecule has 2 aromatic heterocycles. The minimum Gasteiger partial charge on any atom is -0.493 e. The van der Waals surface area contributed by atoms with Crippen molar-refractivity contribution >= 4 is 11.6 Å². The van der Waals surface area contributed by atoms with E-state index < -0.39 is 0 Å². The summed E-state index contributed by atoms with van der Waals surface area (Å²) in [6.45, 7) is 2.68. The van der Waals surface area contributed by atoms with Gasteiger partial charge in [-0.1, -0.05) is 12.1 Å². The lowest BCUT2D eigenvalue weighted by atomic mass is 9.89. The van der Waals surface area contributed by atoms with Crippen LogP contribution in [0.5, 0.6) is 11.5 Å². The van der Waals surface area contributed by atoms with Gasteiger partial charge in [-0.2, -0.15) is 0 Å². The Balaban J connectivity index is 1.38. The predicted molar refractivity (Wildman–Crippen MR) is 112 cm³/mol. The van der Waals surface area contributed by atoms with Crippen LogP contribution in [0.4, 0.5) is 0 Å². The molecule has 152 valence electrons. The molecule has 6 nitrogen and oxygen atoms in total. The summed E-state index contributed by atoms with van der Waals surface area (Å²) < 4.78 is 12.8. The van der Waals surface area contributed by atoms with E-state index in [0.29, 0.717) is 18.0 Å². The Morgan fingerprint density at radius 3 is 2.83 bits per heavy atom. The zero-order valence-electron chi connectivity index (χ0n) is 17.2. The summed E-state index contributed by atoms with van der Waals surface area (Å²) in [7, 11) is 3.25. The third-order valence-electron chi connectivity index (χ3n) is 5.65. The number of aryl methyl sites for hydroxylation is 2. The number of hydrogen-bond acceptors (Lipinski definition) is 4. The van der Waals surface area contributed by atoms with Gasteiger partial charge in [0.15, 0.2) is 11.5 Å². The number of pyridine rings is 1. The molecular formula is C23H27N3O3. The lowest BCUT2D eigenvalue weighted by Gasteiger charge is -2.21. The minimum atomic E-state index is -0.00619. The van der Waals surface area contributed by atoms with E-state index in [1.165, 1.54) is 11.3 Å². The molecule has 3 aromatic rings. The molecule has 0 radical (unpaired) electrons. The Bertz CT molecular complexity index is 1040. The first-order valence-electron chi connectivity index (χ1n) is 10.0. The Kier molecular flexibility index (Phi) is 5.43. The number of rotatable bonds is 6. The fourth-order valence-corrected chi connectivity index (χ4v) is 4.05. The second kappa shape index (κ2) is 8.15. The highest BCUT2D eigenvalue weighted by Crippen LogP contribution is 2.28. The van der Waals surface area contributed by atoms with Crippen molar-refractivity contribution in [2.45, 2.75) is 32.6 Å². The van der Waals surface area contributed by atoms with Gasteiger partial charge in [-0.3, -0.25) is 4.79 Å². The van der Waals surface area contributed by atoms with Gasteiger partial charge in [0.05, 0.1) is 19.9 Å². The first-order valence-corrected chi connectivity index (χ1v) is 10.0. The molecule has 2 heterocycles. The number of imidazole rings is 1. The highest BCUT2D eigenvalue weighted by Gasteiger charge is 2.27. The van der Waals surface area contributed by atoms with Gasteiger partial charge in [0.25, 0.3) is 0 Å². The summed E-state index contributed by atoms with van der Waals surface area (Å²) in [6.07, 6.45) is 5.29. The van der Waals surface area contributed by atoms with Gasteiger partial charge in [-0.05, 0) is 55.5 Å². The Morgan fingerprint density at radius 1 is 1.21 bits per heavy atom. The van der Waals surface area contributed by atoms with E-state index in [9.17, 15) is 4.79 Å².